The van der Waals surface area contributed by atoms with Crippen LogP contribution in [0.1, 0.15) is 10.5 Å². The lowest BCUT2D eigenvalue weighted by atomic mass is 10.1. The number of aryl methyl sites for hydroxylation is 1. The fourth-order valence-electron chi connectivity index (χ4n) is 2.64. The zero-order chi connectivity index (χ0) is 16.5. The van der Waals surface area contributed by atoms with Crippen LogP contribution in [0.15, 0.2) is 65.9 Å². The minimum absolute atomic E-state index is 0.316. The maximum atomic E-state index is 12.5. The van der Waals surface area contributed by atoms with Crippen LogP contribution in [0, 0.1) is 0 Å². The molecule has 0 aliphatic rings. The number of carbonyl (C=O) groups is 1. The minimum atomic E-state index is -0.316. The van der Waals surface area contributed by atoms with Crippen molar-refractivity contribution in [3.8, 4) is 0 Å². The number of hydrogen-bond donors (Lipinski definition) is 1. The first-order valence-corrected chi connectivity index (χ1v) is 8.28. The largest absolute Gasteiger partial charge is 0.318 e. The third-order valence-corrected chi connectivity index (χ3v) is 4.97. The van der Waals surface area contributed by atoms with Crippen LogP contribution < -0.4 is 10.2 Å². The van der Waals surface area contributed by atoms with Gasteiger partial charge in [0.2, 0.25) is 4.80 Å². The SMILES string of the molecule is Cn1c(=NNC(=O)c2nccc3ccccc23)sc2ccccc21. The van der Waals surface area contributed by atoms with Gasteiger partial charge in [-0.25, -0.2) is 5.43 Å². The maximum absolute atomic E-state index is 12.5. The van der Waals surface area contributed by atoms with Gasteiger partial charge in [0.05, 0.1) is 10.2 Å². The van der Waals surface area contributed by atoms with Crippen LogP contribution in [0.4, 0.5) is 0 Å². The Bertz CT molecular complexity index is 1120. The van der Waals surface area contributed by atoms with Gasteiger partial charge in [0, 0.05) is 18.6 Å². The second kappa shape index (κ2) is 5.90. The number of amides is 1. The maximum Gasteiger partial charge on any atom is 0.290 e. The molecule has 0 fully saturated rings. The molecule has 0 bridgehead atoms. The molecule has 2 aromatic heterocycles. The van der Waals surface area contributed by atoms with Gasteiger partial charge in [0.1, 0.15) is 5.69 Å². The molecule has 0 saturated heterocycles. The number of nitrogens with one attached hydrogen (secondary N) is 1. The van der Waals surface area contributed by atoms with E-state index in [4.69, 9.17) is 0 Å². The molecule has 4 rings (SSSR count). The molecule has 1 N–H and O–H groups in total. The summed E-state index contributed by atoms with van der Waals surface area (Å²) in [7, 11) is 1.93. The van der Waals surface area contributed by atoms with E-state index in [0.29, 0.717) is 5.69 Å². The highest BCUT2D eigenvalue weighted by molar-refractivity contribution is 7.16. The highest BCUT2D eigenvalue weighted by atomic mass is 32.1. The molecule has 0 aliphatic heterocycles. The summed E-state index contributed by atoms with van der Waals surface area (Å²) in [5, 5.41) is 6.06. The monoisotopic (exact) mass is 334 g/mol. The van der Waals surface area contributed by atoms with E-state index in [9.17, 15) is 4.79 Å². The topological polar surface area (TPSA) is 59.3 Å². The average molecular weight is 334 g/mol. The molecular weight excluding hydrogens is 320 g/mol. The van der Waals surface area contributed by atoms with Gasteiger partial charge in [-0.15, -0.1) is 5.10 Å². The van der Waals surface area contributed by atoms with E-state index in [0.717, 1.165) is 25.8 Å². The fraction of sp³-hybridized carbons (Fsp3) is 0.0556. The Balaban J connectivity index is 1.72. The lowest BCUT2D eigenvalue weighted by molar-refractivity contribution is 0.0950. The summed E-state index contributed by atoms with van der Waals surface area (Å²) in [6.45, 7) is 0. The Morgan fingerprint density at radius 1 is 1.12 bits per heavy atom. The van der Waals surface area contributed by atoms with E-state index in [-0.39, 0.29) is 5.91 Å². The van der Waals surface area contributed by atoms with E-state index < -0.39 is 0 Å². The second-order valence-corrected chi connectivity index (χ2v) is 6.35. The number of carbonyl (C=O) groups excluding carboxylic acids is 1. The molecule has 24 heavy (non-hydrogen) atoms. The summed E-state index contributed by atoms with van der Waals surface area (Å²) in [5.41, 5.74) is 4.08. The van der Waals surface area contributed by atoms with Crippen molar-refractivity contribution < 1.29 is 4.79 Å². The second-order valence-electron chi connectivity index (χ2n) is 5.34. The first-order chi connectivity index (χ1) is 11.7. The Labute approximate surface area is 141 Å². The summed E-state index contributed by atoms with van der Waals surface area (Å²) in [4.78, 5) is 17.4. The van der Waals surface area contributed by atoms with Crippen molar-refractivity contribution in [3.63, 3.8) is 0 Å². The van der Waals surface area contributed by atoms with Crippen LogP contribution in [0.3, 0.4) is 0 Å². The summed E-state index contributed by atoms with van der Waals surface area (Å²) < 4.78 is 3.08. The quantitative estimate of drug-likeness (QED) is 0.573. The predicted molar refractivity (Wildman–Crippen MR) is 95.6 cm³/mol. The van der Waals surface area contributed by atoms with Crippen molar-refractivity contribution in [2.75, 3.05) is 0 Å². The van der Waals surface area contributed by atoms with Crippen LogP contribution in [0.5, 0.6) is 0 Å². The molecule has 1 amide bonds. The van der Waals surface area contributed by atoms with Crippen LogP contribution in [0.2, 0.25) is 0 Å². The summed E-state index contributed by atoms with van der Waals surface area (Å²) >= 11 is 1.53. The van der Waals surface area contributed by atoms with Crippen LogP contribution >= 0.6 is 11.3 Å². The molecule has 0 spiro atoms. The molecule has 0 atom stereocenters. The summed E-state index contributed by atoms with van der Waals surface area (Å²) in [6.07, 6.45) is 1.64. The van der Waals surface area contributed by atoms with Gasteiger partial charge in [0.15, 0.2) is 0 Å². The van der Waals surface area contributed by atoms with Crippen LogP contribution in [-0.2, 0) is 7.05 Å². The van der Waals surface area contributed by atoms with Crippen molar-refractivity contribution in [1.29, 1.82) is 0 Å². The lowest BCUT2D eigenvalue weighted by Crippen LogP contribution is -2.24. The fourth-order valence-corrected chi connectivity index (χ4v) is 3.62. The number of pyridine rings is 1. The lowest BCUT2D eigenvalue weighted by Gasteiger charge is -2.03. The normalized spacial score (nSPS) is 12.0. The molecule has 118 valence electrons. The van der Waals surface area contributed by atoms with Crippen molar-refractivity contribution >= 4 is 38.2 Å². The smallest absolute Gasteiger partial charge is 0.290 e. The Morgan fingerprint density at radius 3 is 2.79 bits per heavy atom. The van der Waals surface area contributed by atoms with Crippen molar-refractivity contribution in [2.45, 2.75) is 0 Å². The standard InChI is InChI=1S/C18H14N4OS/c1-22-14-8-4-5-9-15(14)24-18(22)21-20-17(23)16-13-7-3-2-6-12(13)10-11-19-16/h2-11H,1H3,(H,20,23). The molecule has 2 heterocycles. The zero-order valence-electron chi connectivity index (χ0n) is 12.9. The number of benzene rings is 2. The molecule has 0 radical (unpaired) electrons. The Morgan fingerprint density at radius 2 is 1.92 bits per heavy atom. The number of rotatable bonds is 2. The first kappa shape index (κ1) is 14.6. The summed E-state index contributed by atoms with van der Waals surface area (Å²) in [6, 6.07) is 17.6. The summed E-state index contributed by atoms with van der Waals surface area (Å²) in [5.74, 6) is -0.316. The molecule has 5 nitrogen and oxygen atoms in total. The van der Waals surface area contributed by atoms with E-state index in [1.54, 1.807) is 6.20 Å². The molecule has 2 aromatic carbocycles. The van der Waals surface area contributed by atoms with E-state index in [1.165, 1.54) is 11.3 Å². The van der Waals surface area contributed by atoms with Crippen molar-refractivity contribution in [3.05, 3.63) is 71.3 Å². The average Bonchev–Trinajstić information content (AvgIpc) is 2.95. The highest BCUT2D eigenvalue weighted by Crippen LogP contribution is 2.16. The Hall–Kier alpha value is -2.99. The third-order valence-electron chi connectivity index (χ3n) is 3.86. The number of hydrogen-bond acceptors (Lipinski definition) is 4. The molecule has 0 aliphatic carbocycles. The van der Waals surface area contributed by atoms with Gasteiger partial charge in [-0.3, -0.25) is 9.78 Å². The molecule has 0 unspecified atom stereocenters. The van der Waals surface area contributed by atoms with E-state index in [1.807, 2.05) is 66.2 Å². The van der Waals surface area contributed by atoms with E-state index >= 15 is 0 Å². The van der Waals surface area contributed by atoms with Gasteiger partial charge < -0.3 is 4.57 Å². The van der Waals surface area contributed by atoms with Crippen LogP contribution in [0.25, 0.3) is 21.0 Å². The molecule has 4 aromatic rings. The van der Waals surface area contributed by atoms with Gasteiger partial charge in [-0.1, -0.05) is 47.7 Å². The first-order valence-electron chi connectivity index (χ1n) is 7.46. The minimum Gasteiger partial charge on any atom is -0.318 e. The number of fused-ring (bicyclic) bond motifs is 2. The molecular formula is C18H14N4OS. The number of thiazole rings is 1. The van der Waals surface area contributed by atoms with E-state index in [2.05, 4.69) is 15.5 Å². The van der Waals surface area contributed by atoms with Gasteiger partial charge >= 0.3 is 0 Å². The van der Waals surface area contributed by atoms with Gasteiger partial charge in [-0.05, 0) is 23.6 Å². The van der Waals surface area contributed by atoms with Crippen molar-refractivity contribution in [2.24, 2.45) is 12.1 Å². The molecule has 6 heteroatoms. The predicted octanol–water partition coefficient (Wildman–Crippen LogP) is 3.03. The van der Waals surface area contributed by atoms with Gasteiger partial charge in [-0.2, -0.15) is 0 Å². The number of para-hydroxylation sites is 1. The number of nitrogens with zero attached hydrogens (tertiary/aromatic N) is 3. The number of aromatic nitrogens is 2. The third kappa shape index (κ3) is 2.47. The molecule has 0 saturated carbocycles. The highest BCUT2D eigenvalue weighted by Gasteiger charge is 2.11. The zero-order valence-corrected chi connectivity index (χ0v) is 13.7. The van der Waals surface area contributed by atoms with Crippen LogP contribution in [-0.4, -0.2) is 15.5 Å². The Kier molecular flexibility index (Phi) is 3.59. The van der Waals surface area contributed by atoms with Crippen molar-refractivity contribution in [1.82, 2.24) is 15.0 Å². The van der Waals surface area contributed by atoms with Gasteiger partial charge in [0.25, 0.3) is 5.91 Å².